The zero-order valence-corrected chi connectivity index (χ0v) is 15.9. The van der Waals surface area contributed by atoms with E-state index in [2.05, 4.69) is 10.6 Å². The Morgan fingerprint density at radius 3 is 2.44 bits per heavy atom. The monoisotopic (exact) mass is 394 g/mol. The molecule has 1 saturated heterocycles. The van der Waals surface area contributed by atoms with E-state index in [0.717, 1.165) is 17.7 Å². The molecule has 2 fully saturated rings. The molecule has 1 aliphatic carbocycles. The first kappa shape index (κ1) is 19.3. The molecule has 2 aliphatic rings. The van der Waals surface area contributed by atoms with E-state index in [-0.39, 0.29) is 23.3 Å². The van der Waals surface area contributed by atoms with Crippen molar-refractivity contribution >= 4 is 27.9 Å². The lowest BCUT2D eigenvalue weighted by molar-refractivity contribution is -0.135. The van der Waals surface area contributed by atoms with E-state index in [0.29, 0.717) is 5.56 Å². The minimum atomic E-state index is -3.79. The smallest absolute Gasteiger partial charge is 0.325 e. The minimum absolute atomic E-state index is 0.0246. The molecular formula is C17H22N4O5S. The predicted octanol–water partition coefficient (Wildman–Crippen LogP) is 0.232. The highest BCUT2D eigenvalue weighted by atomic mass is 32.2. The molecule has 9 nitrogen and oxygen atoms in total. The van der Waals surface area contributed by atoms with Gasteiger partial charge in [0.1, 0.15) is 12.1 Å². The summed E-state index contributed by atoms with van der Waals surface area (Å²) in [5, 5.41) is 10.4. The lowest BCUT2D eigenvalue weighted by Crippen LogP contribution is -2.47. The summed E-state index contributed by atoms with van der Waals surface area (Å²) in [4.78, 5) is 37.8. The van der Waals surface area contributed by atoms with Crippen molar-refractivity contribution in [3.05, 3.63) is 29.8 Å². The number of imide groups is 1. The average Bonchev–Trinajstić information content (AvgIpc) is 3.40. The largest absolute Gasteiger partial charge is 0.348 e. The van der Waals surface area contributed by atoms with Crippen LogP contribution in [0.4, 0.5) is 4.79 Å². The highest BCUT2D eigenvalue weighted by Crippen LogP contribution is 2.42. The van der Waals surface area contributed by atoms with Gasteiger partial charge in [0.05, 0.1) is 10.9 Å². The number of hydrogen-bond acceptors (Lipinski definition) is 5. The second kappa shape index (κ2) is 6.61. The Hall–Kier alpha value is -2.46. The van der Waals surface area contributed by atoms with E-state index in [1.165, 1.54) is 12.1 Å². The van der Waals surface area contributed by atoms with Gasteiger partial charge in [-0.05, 0) is 50.3 Å². The summed E-state index contributed by atoms with van der Waals surface area (Å²) in [5.41, 5.74) is -0.261. The molecule has 0 bridgehead atoms. The summed E-state index contributed by atoms with van der Waals surface area (Å²) < 4.78 is 22.6. The number of benzene rings is 1. The van der Waals surface area contributed by atoms with Crippen LogP contribution in [0.1, 0.15) is 38.3 Å². The number of hydrogen-bond donors (Lipinski definition) is 3. The quantitative estimate of drug-likeness (QED) is 0.593. The normalized spacial score (nSPS) is 23.9. The second-order valence-corrected chi connectivity index (χ2v) is 8.76. The van der Waals surface area contributed by atoms with Crippen molar-refractivity contribution in [2.75, 3.05) is 6.54 Å². The van der Waals surface area contributed by atoms with Crippen molar-refractivity contribution in [3.63, 3.8) is 0 Å². The molecule has 1 saturated carbocycles. The third kappa shape index (κ3) is 3.81. The number of sulfonamides is 1. The summed E-state index contributed by atoms with van der Waals surface area (Å²) in [5.74, 6) is -0.741. The van der Waals surface area contributed by atoms with Crippen LogP contribution in [0, 0.1) is 5.92 Å². The van der Waals surface area contributed by atoms with Gasteiger partial charge in [-0.1, -0.05) is 12.1 Å². The Balaban J connectivity index is 1.62. The zero-order valence-electron chi connectivity index (χ0n) is 15.1. The number of nitrogens with two attached hydrogens (primary N) is 1. The standard InChI is InChI=1S/C17H22N4O5S/c1-10(11-3-7-13(8-4-11)27(18,25)26)19-14(22)9-21-15(23)17(2,12-5-6-12)20-16(21)24/h3-4,7-8,10,12H,5-6,9H2,1-2H3,(H,19,22)(H,20,24)(H2,18,25,26). The van der Waals surface area contributed by atoms with Gasteiger partial charge in [0.25, 0.3) is 5.91 Å². The first-order valence-corrected chi connectivity index (χ1v) is 10.1. The van der Waals surface area contributed by atoms with Gasteiger partial charge in [-0.25, -0.2) is 18.4 Å². The van der Waals surface area contributed by atoms with Crippen LogP contribution in [0.5, 0.6) is 0 Å². The summed E-state index contributed by atoms with van der Waals surface area (Å²) in [7, 11) is -3.79. The maximum Gasteiger partial charge on any atom is 0.325 e. The van der Waals surface area contributed by atoms with Crippen LogP contribution in [0.25, 0.3) is 0 Å². The van der Waals surface area contributed by atoms with Crippen LogP contribution in [0.15, 0.2) is 29.2 Å². The molecule has 1 aromatic carbocycles. The van der Waals surface area contributed by atoms with E-state index >= 15 is 0 Å². The van der Waals surface area contributed by atoms with Crippen LogP contribution in [0.3, 0.4) is 0 Å². The Morgan fingerprint density at radius 2 is 1.93 bits per heavy atom. The molecule has 1 aliphatic heterocycles. The number of urea groups is 1. The van der Waals surface area contributed by atoms with Crippen molar-refractivity contribution in [2.45, 2.75) is 43.2 Å². The molecule has 2 unspecified atom stereocenters. The SMILES string of the molecule is CC(NC(=O)CN1C(=O)NC(C)(C2CC2)C1=O)c1ccc(S(N)(=O)=O)cc1. The van der Waals surface area contributed by atoms with Crippen molar-refractivity contribution in [3.8, 4) is 0 Å². The fraction of sp³-hybridized carbons (Fsp3) is 0.471. The number of carbonyl (C=O) groups is 3. The van der Waals surface area contributed by atoms with Gasteiger partial charge >= 0.3 is 6.03 Å². The molecule has 10 heteroatoms. The van der Waals surface area contributed by atoms with Gasteiger partial charge in [0, 0.05) is 0 Å². The van der Waals surface area contributed by atoms with Crippen LogP contribution in [-0.2, 0) is 19.6 Å². The third-order valence-corrected chi connectivity index (χ3v) is 6.01. The molecule has 0 radical (unpaired) electrons. The highest BCUT2D eigenvalue weighted by Gasteiger charge is 2.56. The van der Waals surface area contributed by atoms with Crippen molar-refractivity contribution in [1.82, 2.24) is 15.5 Å². The average molecular weight is 394 g/mol. The summed E-state index contributed by atoms with van der Waals surface area (Å²) in [6, 6.07) is 4.79. The molecule has 27 heavy (non-hydrogen) atoms. The summed E-state index contributed by atoms with van der Waals surface area (Å²) >= 11 is 0. The molecule has 3 rings (SSSR count). The van der Waals surface area contributed by atoms with Gasteiger partial charge in [0.2, 0.25) is 15.9 Å². The van der Waals surface area contributed by atoms with E-state index in [9.17, 15) is 22.8 Å². The zero-order chi connectivity index (χ0) is 20.0. The van der Waals surface area contributed by atoms with Crippen LogP contribution in [0.2, 0.25) is 0 Å². The van der Waals surface area contributed by atoms with Crippen LogP contribution in [-0.4, -0.2) is 43.2 Å². The van der Waals surface area contributed by atoms with E-state index in [1.807, 2.05) is 0 Å². The van der Waals surface area contributed by atoms with Crippen molar-refractivity contribution < 1.29 is 22.8 Å². The second-order valence-electron chi connectivity index (χ2n) is 7.20. The Bertz CT molecular complexity index is 894. The number of nitrogens with one attached hydrogen (secondary N) is 2. The molecule has 146 valence electrons. The molecule has 4 N–H and O–H groups in total. The molecule has 0 aromatic heterocycles. The topological polar surface area (TPSA) is 139 Å². The first-order chi connectivity index (χ1) is 12.5. The van der Waals surface area contributed by atoms with Gasteiger partial charge < -0.3 is 10.6 Å². The van der Waals surface area contributed by atoms with Crippen LogP contribution >= 0.6 is 0 Å². The fourth-order valence-electron chi connectivity index (χ4n) is 3.26. The Morgan fingerprint density at radius 1 is 1.33 bits per heavy atom. The molecule has 2 atom stereocenters. The number of carbonyl (C=O) groups excluding carboxylic acids is 3. The van der Waals surface area contributed by atoms with E-state index < -0.39 is 33.5 Å². The van der Waals surface area contributed by atoms with Crippen LogP contribution < -0.4 is 15.8 Å². The number of amides is 4. The summed E-state index contributed by atoms with van der Waals surface area (Å²) in [6.07, 6.45) is 1.77. The van der Waals surface area contributed by atoms with Gasteiger partial charge in [0.15, 0.2) is 0 Å². The van der Waals surface area contributed by atoms with Gasteiger partial charge in [-0.3, -0.25) is 14.5 Å². The fourth-order valence-corrected chi connectivity index (χ4v) is 3.77. The molecular weight excluding hydrogens is 372 g/mol. The number of nitrogens with zero attached hydrogens (tertiary/aromatic N) is 1. The molecule has 4 amide bonds. The number of rotatable bonds is 6. The minimum Gasteiger partial charge on any atom is -0.348 e. The molecule has 1 heterocycles. The number of primary sulfonamides is 1. The lowest BCUT2D eigenvalue weighted by atomic mass is 9.96. The molecule has 1 aromatic rings. The highest BCUT2D eigenvalue weighted by molar-refractivity contribution is 7.89. The maximum atomic E-state index is 12.5. The third-order valence-electron chi connectivity index (χ3n) is 5.08. The van der Waals surface area contributed by atoms with Crippen molar-refractivity contribution in [2.24, 2.45) is 11.1 Å². The lowest BCUT2D eigenvalue weighted by Gasteiger charge is -2.21. The molecule has 0 spiro atoms. The Labute approximate surface area is 157 Å². The predicted molar refractivity (Wildman–Crippen MR) is 95.7 cm³/mol. The van der Waals surface area contributed by atoms with E-state index in [1.54, 1.807) is 26.0 Å². The maximum absolute atomic E-state index is 12.5. The summed E-state index contributed by atoms with van der Waals surface area (Å²) in [6.45, 7) is 3.04. The van der Waals surface area contributed by atoms with Gasteiger partial charge in [-0.15, -0.1) is 0 Å². The van der Waals surface area contributed by atoms with E-state index in [4.69, 9.17) is 5.14 Å². The van der Waals surface area contributed by atoms with Gasteiger partial charge in [-0.2, -0.15) is 0 Å². The Kier molecular flexibility index (Phi) is 4.73. The van der Waals surface area contributed by atoms with Crippen molar-refractivity contribution in [1.29, 1.82) is 0 Å². The first-order valence-electron chi connectivity index (χ1n) is 8.58.